The molecular formula is C22H32O2. The molecule has 0 saturated heterocycles. The number of rotatable bonds is 2. The highest BCUT2D eigenvalue weighted by atomic mass is 16.6. The largest absolute Gasteiger partial charge is 0.459 e. The Morgan fingerprint density at radius 3 is 2.38 bits per heavy atom. The number of esters is 1. The number of hydrogen-bond acceptors (Lipinski definition) is 2. The molecule has 2 aliphatic carbocycles. The van der Waals surface area contributed by atoms with Crippen LogP contribution >= 0.6 is 0 Å². The molecule has 1 atom stereocenters. The van der Waals surface area contributed by atoms with Crippen LogP contribution in [-0.2, 0) is 9.53 Å². The Labute approximate surface area is 147 Å². The van der Waals surface area contributed by atoms with Gasteiger partial charge in [0.25, 0.3) is 0 Å². The average Bonchev–Trinajstić information content (AvgIpc) is 3.19. The molecular weight excluding hydrogens is 296 g/mol. The highest BCUT2D eigenvalue weighted by Crippen LogP contribution is 2.38. The van der Waals surface area contributed by atoms with Gasteiger partial charge in [-0.1, -0.05) is 35.5 Å². The Balaban J connectivity index is 2.16. The van der Waals surface area contributed by atoms with Crippen molar-refractivity contribution in [3.63, 3.8) is 0 Å². The van der Waals surface area contributed by atoms with Crippen LogP contribution in [0.1, 0.15) is 73.1 Å². The fourth-order valence-electron chi connectivity index (χ4n) is 3.43. The summed E-state index contributed by atoms with van der Waals surface area (Å²) in [6.07, 6.45) is 15.9. The van der Waals surface area contributed by atoms with Gasteiger partial charge >= 0.3 is 5.97 Å². The van der Waals surface area contributed by atoms with E-state index < -0.39 is 5.60 Å². The van der Waals surface area contributed by atoms with E-state index in [-0.39, 0.29) is 11.9 Å². The molecule has 0 radical (unpaired) electrons. The molecule has 0 bridgehead atoms. The van der Waals surface area contributed by atoms with E-state index in [4.69, 9.17) is 4.74 Å². The van der Waals surface area contributed by atoms with Gasteiger partial charge in [0, 0.05) is 12.8 Å². The lowest BCUT2D eigenvalue weighted by molar-refractivity contribution is -0.157. The minimum atomic E-state index is -0.464. The van der Waals surface area contributed by atoms with Crippen molar-refractivity contribution in [2.75, 3.05) is 0 Å². The van der Waals surface area contributed by atoms with Gasteiger partial charge in [-0.3, -0.25) is 4.79 Å². The maximum Gasteiger partial charge on any atom is 0.303 e. The first-order valence-electron chi connectivity index (χ1n) is 9.21. The van der Waals surface area contributed by atoms with E-state index in [0.29, 0.717) is 0 Å². The van der Waals surface area contributed by atoms with Gasteiger partial charge in [0.05, 0.1) is 0 Å². The molecule has 132 valence electrons. The minimum absolute atomic E-state index is 0.199. The van der Waals surface area contributed by atoms with Crippen molar-refractivity contribution in [1.29, 1.82) is 0 Å². The van der Waals surface area contributed by atoms with Crippen molar-refractivity contribution in [3.05, 3.63) is 46.6 Å². The summed E-state index contributed by atoms with van der Waals surface area (Å²) in [5, 5.41) is 0. The predicted molar refractivity (Wildman–Crippen MR) is 101 cm³/mol. The molecule has 0 amide bonds. The second-order valence-corrected chi connectivity index (χ2v) is 7.81. The zero-order chi connectivity index (χ0) is 17.7. The molecule has 0 N–H and O–H groups in total. The van der Waals surface area contributed by atoms with Gasteiger partial charge < -0.3 is 4.74 Å². The van der Waals surface area contributed by atoms with Crippen molar-refractivity contribution >= 4 is 5.97 Å². The number of carbonyl (C=O) groups excluding carboxylic acids is 1. The third-order valence-electron chi connectivity index (χ3n) is 5.09. The Kier molecular flexibility index (Phi) is 6.26. The van der Waals surface area contributed by atoms with Crippen molar-refractivity contribution in [1.82, 2.24) is 0 Å². The molecule has 0 aromatic carbocycles. The molecule has 0 aromatic rings. The fraction of sp³-hybridized carbons (Fsp3) is 0.591. The summed E-state index contributed by atoms with van der Waals surface area (Å²) in [6, 6.07) is 0. The van der Waals surface area contributed by atoms with Crippen LogP contribution in [-0.4, -0.2) is 11.6 Å². The normalized spacial score (nSPS) is 27.3. The van der Waals surface area contributed by atoms with Crippen LogP contribution in [0.3, 0.4) is 0 Å². The standard InChI is InChI=1S/C22H32O2/c1-16-8-6-9-17(2)12-13-21(22(4,5)24-18(3)23)15-20-14-19(20)11-7-10-16/h9-10,14-15,21H,6-8,11-13H2,1-5H3/b16-10-,17-9-,20-15?/t21-/m1/s1. The molecule has 0 unspecified atom stereocenters. The van der Waals surface area contributed by atoms with Gasteiger partial charge in [0.15, 0.2) is 0 Å². The molecule has 2 aliphatic rings. The molecule has 0 spiro atoms. The van der Waals surface area contributed by atoms with E-state index in [0.717, 1.165) is 38.5 Å². The van der Waals surface area contributed by atoms with E-state index in [2.05, 4.69) is 38.2 Å². The molecule has 2 rings (SSSR count). The molecule has 24 heavy (non-hydrogen) atoms. The summed E-state index contributed by atoms with van der Waals surface area (Å²) in [5.74, 6) is 0.0448. The lowest BCUT2D eigenvalue weighted by atomic mass is 9.84. The van der Waals surface area contributed by atoms with Crippen LogP contribution in [0.15, 0.2) is 46.6 Å². The van der Waals surface area contributed by atoms with E-state index in [1.807, 2.05) is 13.8 Å². The van der Waals surface area contributed by atoms with E-state index in [9.17, 15) is 4.79 Å². The van der Waals surface area contributed by atoms with Gasteiger partial charge in [-0.15, -0.1) is 0 Å². The molecule has 2 heteroatoms. The van der Waals surface area contributed by atoms with Crippen molar-refractivity contribution in [3.8, 4) is 0 Å². The predicted octanol–water partition coefficient (Wildman–Crippen LogP) is 6.06. The highest BCUT2D eigenvalue weighted by Gasteiger charge is 2.32. The van der Waals surface area contributed by atoms with Crippen molar-refractivity contribution in [2.24, 2.45) is 5.92 Å². The van der Waals surface area contributed by atoms with Gasteiger partial charge in [0.2, 0.25) is 0 Å². The summed E-state index contributed by atoms with van der Waals surface area (Å²) in [6.45, 7) is 10.0. The Bertz CT molecular complexity index is 599. The second-order valence-electron chi connectivity index (χ2n) is 7.81. The van der Waals surface area contributed by atoms with Crippen molar-refractivity contribution in [2.45, 2.75) is 78.7 Å². The molecule has 0 fully saturated rings. The third-order valence-corrected chi connectivity index (χ3v) is 5.09. The summed E-state index contributed by atoms with van der Waals surface area (Å²) in [7, 11) is 0. The lowest BCUT2D eigenvalue weighted by Crippen LogP contribution is -2.35. The number of carbonyl (C=O) groups is 1. The smallest absolute Gasteiger partial charge is 0.303 e. The highest BCUT2D eigenvalue weighted by molar-refractivity contribution is 5.66. The average molecular weight is 328 g/mol. The first kappa shape index (κ1) is 18.8. The zero-order valence-corrected chi connectivity index (χ0v) is 15.9. The molecule has 0 aliphatic heterocycles. The SMILES string of the molecule is CC(=O)OC(C)(C)[C@H]1C=C2C=C2CC/C=C(/C)CC/C=C(/C)CC1. The minimum Gasteiger partial charge on any atom is -0.459 e. The summed E-state index contributed by atoms with van der Waals surface area (Å²) in [4.78, 5) is 11.5. The van der Waals surface area contributed by atoms with Crippen LogP contribution in [0.25, 0.3) is 0 Å². The lowest BCUT2D eigenvalue weighted by Gasteiger charge is -2.32. The summed E-state index contributed by atoms with van der Waals surface area (Å²) in [5.41, 5.74) is 5.30. The number of fused-ring (bicyclic) bond motifs is 1. The van der Waals surface area contributed by atoms with Crippen LogP contribution in [0.2, 0.25) is 0 Å². The van der Waals surface area contributed by atoms with Crippen LogP contribution in [0.5, 0.6) is 0 Å². The Morgan fingerprint density at radius 1 is 1.08 bits per heavy atom. The van der Waals surface area contributed by atoms with E-state index in [1.54, 1.807) is 0 Å². The third kappa shape index (κ3) is 5.81. The second kappa shape index (κ2) is 8.00. The first-order chi connectivity index (χ1) is 11.3. The Hall–Kier alpha value is -1.57. The maximum absolute atomic E-state index is 11.5. The fourth-order valence-corrected chi connectivity index (χ4v) is 3.43. The first-order valence-corrected chi connectivity index (χ1v) is 9.21. The van der Waals surface area contributed by atoms with Crippen LogP contribution in [0, 0.1) is 5.92 Å². The molecule has 0 saturated carbocycles. The van der Waals surface area contributed by atoms with Gasteiger partial charge in [0.1, 0.15) is 5.60 Å². The van der Waals surface area contributed by atoms with E-state index in [1.165, 1.54) is 29.2 Å². The maximum atomic E-state index is 11.5. The monoisotopic (exact) mass is 328 g/mol. The van der Waals surface area contributed by atoms with Gasteiger partial charge in [-0.25, -0.2) is 0 Å². The van der Waals surface area contributed by atoms with Crippen molar-refractivity contribution < 1.29 is 9.53 Å². The topological polar surface area (TPSA) is 26.3 Å². The van der Waals surface area contributed by atoms with Crippen LogP contribution in [0.4, 0.5) is 0 Å². The van der Waals surface area contributed by atoms with Gasteiger partial charge in [-0.2, -0.15) is 0 Å². The molecule has 2 nitrogen and oxygen atoms in total. The number of hydrogen-bond donors (Lipinski definition) is 0. The summed E-state index contributed by atoms with van der Waals surface area (Å²) < 4.78 is 5.63. The quantitative estimate of drug-likeness (QED) is 0.455. The van der Waals surface area contributed by atoms with Gasteiger partial charge in [-0.05, 0) is 77.4 Å². The van der Waals surface area contributed by atoms with E-state index >= 15 is 0 Å². The summed E-state index contributed by atoms with van der Waals surface area (Å²) >= 11 is 0. The van der Waals surface area contributed by atoms with Crippen LogP contribution < -0.4 is 0 Å². The number of ether oxygens (including phenoxy) is 1. The Morgan fingerprint density at radius 2 is 1.71 bits per heavy atom. The number of allylic oxidation sites excluding steroid dienone is 7. The zero-order valence-electron chi connectivity index (χ0n) is 15.9. The molecule has 0 aromatic heterocycles. The molecule has 0 heterocycles.